The summed E-state index contributed by atoms with van der Waals surface area (Å²) < 4.78 is 51.2. The molecule has 0 saturated heterocycles. The van der Waals surface area contributed by atoms with Crippen LogP contribution < -0.4 is 14.4 Å². The molecule has 1 amide bonds. The molecule has 0 radical (unpaired) electrons. The molecule has 0 atom stereocenters. The van der Waals surface area contributed by atoms with Crippen LogP contribution in [-0.2, 0) is 26.0 Å². The lowest BCUT2D eigenvalue weighted by atomic mass is 10.0. The smallest absolute Gasteiger partial charge is 0.262 e. The Morgan fingerprint density at radius 3 is 2.68 bits per heavy atom. The van der Waals surface area contributed by atoms with Gasteiger partial charge in [-0.15, -0.1) is 0 Å². The van der Waals surface area contributed by atoms with Gasteiger partial charge in [-0.1, -0.05) is 0 Å². The van der Waals surface area contributed by atoms with Gasteiger partial charge in [-0.3, -0.25) is 9.52 Å². The van der Waals surface area contributed by atoms with Gasteiger partial charge in [0.1, 0.15) is 6.61 Å². The quantitative estimate of drug-likeness (QED) is 0.794. The van der Waals surface area contributed by atoms with E-state index >= 15 is 0 Å². The normalized spacial score (nSPS) is 13.8. The van der Waals surface area contributed by atoms with Crippen LogP contribution in [0.5, 0.6) is 5.75 Å². The first-order valence-electron chi connectivity index (χ1n) is 8.64. The van der Waals surface area contributed by atoms with Gasteiger partial charge in [-0.25, -0.2) is 12.8 Å². The molecular formula is C19H21FN2O5S. The molecule has 9 heteroatoms. The van der Waals surface area contributed by atoms with Gasteiger partial charge < -0.3 is 14.4 Å². The molecule has 2 aromatic carbocycles. The van der Waals surface area contributed by atoms with E-state index in [1.54, 1.807) is 23.1 Å². The molecule has 1 N–H and O–H groups in total. The number of sulfonamides is 1. The minimum Gasteiger partial charge on any atom is -0.494 e. The van der Waals surface area contributed by atoms with Crippen LogP contribution in [0.2, 0.25) is 0 Å². The van der Waals surface area contributed by atoms with Crippen molar-refractivity contribution in [3.05, 3.63) is 47.8 Å². The second-order valence-corrected chi connectivity index (χ2v) is 8.01. The number of methoxy groups -OCH3 is 2. The highest BCUT2D eigenvalue weighted by Gasteiger charge is 2.23. The van der Waals surface area contributed by atoms with E-state index in [1.807, 2.05) is 0 Å². The number of ether oxygens (including phenoxy) is 2. The summed E-state index contributed by atoms with van der Waals surface area (Å²) in [7, 11) is -1.21. The summed E-state index contributed by atoms with van der Waals surface area (Å²) in [6.45, 7) is 0.572. The summed E-state index contributed by atoms with van der Waals surface area (Å²) in [5.74, 6) is -0.942. The van der Waals surface area contributed by atoms with E-state index in [-0.39, 0.29) is 23.2 Å². The summed E-state index contributed by atoms with van der Waals surface area (Å²) in [6.07, 6.45) is 1.49. The molecule has 3 rings (SSSR count). The van der Waals surface area contributed by atoms with Crippen LogP contribution in [0.25, 0.3) is 0 Å². The topological polar surface area (TPSA) is 84.9 Å². The molecule has 28 heavy (non-hydrogen) atoms. The molecule has 2 aromatic rings. The number of carbonyl (C=O) groups is 1. The van der Waals surface area contributed by atoms with Gasteiger partial charge in [-0.05, 0) is 54.8 Å². The summed E-state index contributed by atoms with van der Waals surface area (Å²) in [6, 6.07) is 8.41. The fourth-order valence-corrected chi connectivity index (χ4v) is 4.21. The number of hydrogen-bond acceptors (Lipinski definition) is 5. The van der Waals surface area contributed by atoms with E-state index in [4.69, 9.17) is 9.47 Å². The van der Waals surface area contributed by atoms with Gasteiger partial charge in [0.2, 0.25) is 0 Å². The monoisotopic (exact) mass is 408 g/mol. The van der Waals surface area contributed by atoms with E-state index in [0.29, 0.717) is 12.2 Å². The number of carbonyl (C=O) groups excluding carboxylic acids is 1. The Morgan fingerprint density at radius 1 is 1.21 bits per heavy atom. The number of nitrogens with one attached hydrogen (secondary N) is 1. The lowest BCUT2D eigenvalue weighted by Crippen LogP contribution is -2.37. The van der Waals surface area contributed by atoms with Crippen molar-refractivity contribution in [1.82, 2.24) is 0 Å². The second kappa shape index (κ2) is 8.15. The van der Waals surface area contributed by atoms with Gasteiger partial charge in [0, 0.05) is 25.0 Å². The molecule has 1 aliphatic heterocycles. The first-order chi connectivity index (χ1) is 13.4. The van der Waals surface area contributed by atoms with Crippen molar-refractivity contribution in [2.45, 2.75) is 17.7 Å². The summed E-state index contributed by atoms with van der Waals surface area (Å²) >= 11 is 0. The number of halogens is 1. The molecule has 0 bridgehead atoms. The van der Waals surface area contributed by atoms with Gasteiger partial charge in [0.25, 0.3) is 15.9 Å². The SMILES string of the molecule is COCC(=O)N1CCCc2cc(NS(=O)(=O)c3ccc(OC)c(F)c3)ccc21. The molecule has 0 saturated carbocycles. The fourth-order valence-electron chi connectivity index (χ4n) is 3.15. The van der Waals surface area contributed by atoms with Crippen LogP contribution in [0.4, 0.5) is 15.8 Å². The predicted octanol–water partition coefficient (Wildman–Crippen LogP) is 2.56. The van der Waals surface area contributed by atoms with Crippen molar-refractivity contribution in [2.75, 3.05) is 37.0 Å². The van der Waals surface area contributed by atoms with Gasteiger partial charge in [-0.2, -0.15) is 0 Å². The summed E-state index contributed by atoms with van der Waals surface area (Å²) in [5, 5.41) is 0. The van der Waals surface area contributed by atoms with Crippen molar-refractivity contribution < 1.29 is 27.1 Å². The number of fused-ring (bicyclic) bond motifs is 1. The molecule has 0 aliphatic carbocycles. The highest BCUT2D eigenvalue weighted by atomic mass is 32.2. The minimum atomic E-state index is -3.97. The van der Waals surface area contributed by atoms with Crippen molar-refractivity contribution >= 4 is 27.3 Å². The van der Waals surface area contributed by atoms with Crippen LogP contribution in [0.1, 0.15) is 12.0 Å². The standard InChI is InChI=1S/C19H21FN2O5S/c1-26-12-19(23)22-9-3-4-13-10-14(5-7-17(13)22)21-28(24,25)15-6-8-18(27-2)16(20)11-15/h5-8,10-11,21H,3-4,9,12H2,1-2H3. The van der Waals surface area contributed by atoms with Crippen LogP contribution in [0.15, 0.2) is 41.3 Å². The van der Waals surface area contributed by atoms with Crippen molar-refractivity contribution in [3.8, 4) is 5.75 Å². The molecule has 0 fully saturated rings. The van der Waals surface area contributed by atoms with Crippen molar-refractivity contribution in [1.29, 1.82) is 0 Å². The Morgan fingerprint density at radius 2 is 2.00 bits per heavy atom. The summed E-state index contributed by atoms with van der Waals surface area (Å²) in [5.41, 5.74) is 1.94. The molecule has 150 valence electrons. The van der Waals surface area contributed by atoms with Crippen molar-refractivity contribution in [2.24, 2.45) is 0 Å². The number of anilines is 2. The van der Waals surface area contributed by atoms with Crippen LogP contribution in [0, 0.1) is 5.82 Å². The average Bonchev–Trinajstić information content (AvgIpc) is 2.67. The third-order valence-corrected chi connectivity index (χ3v) is 5.83. The van der Waals surface area contributed by atoms with E-state index in [1.165, 1.54) is 26.4 Å². The number of hydrogen-bond donors (Lipinski definition) is 1. The molecule has 0 spiro atoms. The third-order valence-electron chi connectivity index (χ3n) is 4.45. The largest absolute Gasteiger partial charge is 0.494 e. The first-order valence-corrected chi connectivity index (χ1v) is 10.1. The number of benzene rings is 2. The molecule has 0 aromatic heterocycles. The Balaban J connectivity index is 1.85. The average molecular weight is 408 g/mol. The molecule has 1 aliphatic rings. The molecular weight excluding hydrogens is 387 g/mol. The zero-order chi connectivity index (χ0) is 20.3. The van der Waals surface area contributed by atoms with Crippen molar-refractivity contribution in [3.63, 3.8) is 0 Å². The Labute approximate surface area is 163 Å². The molecule has 0 unspecified atom stereocenters. The number of rotatable bonds is 6. The fraction of sp³-hybridized carbons (Fsp3) is 0.316. The van der Waals surface area contributed by atoms with Crippen LogP contribution in [-0.4, -0.2) is 41.7 Å². The van der Waals surface area contributed by atoms with E-state index in [2.05, 4.69) is 4.72 Å². The zero-order valence-electron chi connectivity index (χ0n) is 15.6. The van der Waals surface area contributed by atoms with E-state index < -0.39 is 15.8 Å². The Hall–Kier alpha value is -2.65. The number of amides is 1. The lowest BCUT2D eigenvalue weighted by Gasteiger charge is -2.29. The maximum atomic E-state index is 13.9. The second-order valence-electron chi connectivity index (χ2n) is 6.33. The first kappa shape index (κ1) is 20.1. The maximum Gasteiger partial charge on any atom is 0.262 e. The maximum absolute atomic E-state index is 13.9. The zero-order valence-corrected chi connectivity index (χ0v) is 16.4. The molecule has 7 nitrogen and oxygen atoms in total. The van der Waals surface area contributed by atoms with E-state index in [0.717, 1.165) is 30.2 Å². The third kappa shape index (κ3) is 4.10. The van der Waals surface area contributed by atoms with Gasteiger partial charge in [0.05, 0.1) is 12.0 Å². The van der Waals surface area contributed by atoms with Gasteiger partial charge >= 0.3 is 0 Å². The van der Waals surface area contributed by atoms with Crippen LogP contribution in [0.3, 0.4) is 0 Å². The summed E-state index contributed by atoms with van der Waals surface area (Å²) in [4.78, 5) is 13.6. The predicted molar refractivity (Wildman–Crippen MR) is 103 cm³/mol. The highest BCUT2D eigenvalue weighted by molar-refractivity contribution is 7.92. The lowest BCUT2D eigenvalue weighted by molar-refractivity contribution is -0.122. The number of aryl methyl sites for hydroxylation is 1. The van der Waals surface area contributed by atoms with E-state index in [9.17, 15) is 17.6 Å². The highest BCUT2D eigenvalue weighted by Crippen LogP contribution is 2.31. The minimum absolute atomic E-state index is 0.0170. The Bertz CT molecular complexity index is 994. The van der Waals surface area contributed by atoms with Crippen LogP contribution >= 0.6 is 0 Å². The number of nitrogens with zero attached hydrogens (tertiary/aromatic N) is 1. The molecule has 1 heterocycles. The van der Waals surface area contributed by atoms with Gasteiger partial charge in [0.15, 0.2) is 11.6 Å². The Kier molecular flexibility index (Phi) is 5.85.